The van der Waals surface area contributed by atoms with Crippen LogP contribution in [0, 0.1) is 0 Å². The van der Waals surface area contributed by atoms with Crippen LogP contribution in [0.15, 0.2) is 35.2 Å². The molecule has 1 aromatic carbocycles. The van der Waals surface area contributed by atoms with Gasteiger partial charge in [0.05, 0.1) is 144 Å². The van der Waals surface area contributed by atoms with Crippen molar-refractivity contribution in [3.63, 3.8) is 0 Å². The lowest BCUT2D eigenvalue weighted by molar-refractivity contribution is -0.145. The zero-order chi connectivity index (χ0) is 40.3. The molecule has 0 bridgehead atoms. The lowest BCUT2D eigenvalue weighted by Gasteiger charge is -2.09. The van der Waals surface area contributed by atoms with Crippen molar-refractivity contribution in [1.29, 1.82) is 0 Å². The summed E-state index contributed by atoms with van der Waals surface area (Å²) >= 11 is 0. The first-order valence-corrected chi connectivity index (χ1v) is 21.8. The SMILES string of the molecule is CCCCCCCCCCCC(=O)OCCOCCOCCOCCOCCOCCOCCOCCOCCOCCOCCOS(=O)(=O)c1ccccc1. The second kappa shape index (κ2) is 41.4. The smallest absolute Gasteiger partial charge is 0.305 e. The second-order valence-corrected chi connectivity index (χ2v) is 14.1. The molecule has 0 aromatic heterocycles. The van der Waals surface area contributed by atoms with Gasteiger partial charge in [-0.15, -0.1) is 0 Å². The number of benzene rings is 1. The van der Waals surface area contributed by atoms with E-state index in [9.17, 15) is 13.2 Å². The fraction of sp³-hybridized carbons (Fsp3) is 0.825. The van der Waals surface area contributed by atoms with Gasteiger partial charge in [0, 0.05) is 6.42 Å². The number of unbranched alkanes of at least 4 members (excludes halogenated alkanes) is 8. The number of rotatable bonds is 45. The van der Waals surface area contributed by atoms with E-state index in [4.69, 9.17) is 56.3 Å². The maximum Gasteiger partial charge on any atom is 0.305 e. The Morgan fingerprint density at radius 3 is 1.07 bits per heavy atom. The molecule has 15 nitrogen and oxygen atoms in total. The highest BCUT2D eigenvalue weighted by atomic mass is 32.2. The second-order valence-electron chi connectivity index (χ2n) is 12.5. The van der Waals surface area contributed by atoms with E-state index in [-0.39, 0.29) is 30.7 Å². The molecular formula is C40H72O15S. The molecule has 328 valence electrons. The molecule has 0 spiro atoms. The lowest BCUT2D eigenvalue weighted by atomic mass is 10.1. The predicted molar refractivity (Wildman–Crippen MR) is 211 cm³/mol. The highest BCUT2D eigenvalue weighted by Gasteiger charge is 2.13. The fourth-order valence-corrected chi connectivity index (χ4v) is 5.72. The molecule has 0 heterocycles. The van der Waals surface area contributed by atoms with E-state index < -0.39 is 10.1 Å². The zero-order valence-electron chi connectivity index (χ0n) is 34.0. The van der Waals surface area contributed by atoms with E-state index in [1.165, 1.54) is 57.1 Å². The van der Waals surface area contributed by atoms with Crippen LogP contribution in [0.2, 0.25) is 0 Å². The number of hydrogen-bond donors (Lipinski definition) is 0. The van der Waals surface area contributed by atoms with Gasteiger partial charge in [0.1, 0.15) is 6.61 Å². The molecule has 0 saturated carbocycles. The van der Waals surface area contributed by atoms with Gasteiger partial charge in [-0.05, 0) is 18.6 Å². The van der Waals surface area contributed by atoms with Gasteiger partial charge >= 0.3 is 5.97 Å². The molecule has 0 aliphatic carbocycles. The van der Waals surface area contributed by atoms with Crippen LogP contribution in [0.5, 0.6) is 0 Å². The van der Waals surface area contributed by atoms with Crippen LogP contribution in [0.3, 0.4) is 0 Å². The summed E-state index contributed by atoms with van der Waals surface area (Å²) in [5.41, 5.74) is 0. The summed E-state index contributed by atoms with van der Waals surface area (Å²) in [6.07, 6.45) is 11.5. The van der Waals surface area contributed by atoms with Crippen LogP contribution in [0.25, 0.3) is 0 Å². The third-order valence-electron chi connectivity index (χ3n) is 7.82. The third kappa shape index (κ3) is 36.5. The summed E-state index contributed by atoms with van der Waals surface area (Å²) in [6, 6.07) is 7.97. The molecule has 0 radical (unpaired) electrons. The van der Waals surface area contributed by atoms with Gasteiger partial charge in [0.15, 0.2) is 0 Å². The predicted octanol–water partition coefficient (Wildman–Crippen LogP) is 5.02. The van der Waals surface area contributed by atoms with Crippen molar-refractivity contribution < 1.29 is 69.5 Å². The van der Waals surface area contributed by atoms with Gasteiger partial charge in [-0.25, -0.2) is 0 Å². The van der Waals surface area contributed by atoms with Crippen molar-refractivity contribution in [2.45, 2.75) is 76.0 Å². The maximum absolute atomic E-state index is 12.0. The number of esters is 1. The largest absolute Gasteiger partial charge is 0.463 e. The van der Waals surface area contributed by atoms with Crippen molar-refractivity contribution in [2.24, 2.45) is 0 Å². The summed E-state index contributed by atoms with van der Waals surface area (Å²) in [5, 5.41) is 0. The minimum Gasteiger partial charge on any atom is -0.463 e. The van der Waals surface area contributed by atoms with Crippen LogP contribution < -0.4 is 0 Å². The molecule has 1 rings (SSSR count). The van der Waals surface area contributed by atoms with E-state index in [0.29, 0.717) is 132 Å². The summed E-state index contributed by atoms with van der Waals surface area (Å²) in [5.74, 6) is -0.144. The van der Waals surface area contributed by atoms with Gasteiger partial charge in [-0.1, -0.05) is 76.5 Å². The minimum atomic E-state index is -3.76. The van der Waals surface area contributed by atoms with Gasteiger partial charge < -0.3 is 52.1 Å². The van der Waals surface area contributed by atoms with E-state index in [1.807, 2.05) is 0 Å². The Morgan fingerprint density at radius 1 is 0.411 bits per heavy atom. The van der Waals surface area contributed by atoms with Gasteiger partial charge in [0.25, 0.3) is 10.1 Å². The normalized spacial score (nSPS) is 11.7. The number of ether oxygens (including phenoxy) is 11. The topological polar surface area (TPSA) is 162 Å². The van der Waals surface area contributed by atoms with Crippen molar-refractivity contribution in [3.8, 4) is 0 Å². The van der Waals surface area contributed by atoms with Crippen LogP contribution in [-0.4, -0.2) is 160 Å². The zero-order valence-corrected chi connectivity index (χ0v) is 34.9. The van der Waals surface area contributed by atoms with Crippen LogP contribution in [0.4, 0.5) is 0 Å². The average molecular weight is 825 g/mol. The van der Waals surface area contributed by atoms with E-state index in [0.717, 1.165) is 12.8 Å². The summed E-state index contributed by atoms with van der Waals surface area (Å²) in [4.78, 5) is 11.9. The molecule has 0 fully saturated rings. The lowest BCUT2D eigenvalue weighted by Crippen LogP contribution is -2.16. The molecule has 56 heavy (non-hydrogen) atoms. The minimum absolute atomic E-state index is 0.0622. The summed E-state index contributed by atoms with van der Waals surface area (Å²) < 4.78 is 88.7. The van der Waals surface area contributed by atoms with E-state index in [2.05, 4.69) is 6.92 Å². The Balaban J connectivity index is 1.66. The van der Waals surface area contributed by atoms with Gasteiger partial charge in [-0.3, -0.25) is 8.98 Å². The van der Waals surface area contributed by atoms with Crippen molar-refractivity contribution in [3.05, 3.63) is 30.3 Å². The van der Waals surface area contributed by atoms with Gasteiger partial charge in [-0.2, -0.15) is 8.42 Å². The molecule has 0 aliphatic heterocycles. The van der Waals surface area contributed by atoms with Crippen molar-refractivity contribution >= 4 is 16.1 Å². The molecule has 0 aliphatic rings. The standard InChI is InChI=1S/C40H72O15S/c1-2-3-4-5-6-7-8-9-13-16-40(41)54-37-35-52-33-31-50-29-27-48-25-23-46-21-19-44-17-18-45-20-22-47-24-26-49-28-30-51-32-34-53-36-38-55-56(42,43)39-14-11-10-12-15-39/h10-12,14-15H,2-9,13,16-38H2,1H3. The van der Waals surface area contributed by atoms with Crippen molar-refractivity contribution in [2.75, 3.05) is 145 Å². The number of hydrogen-bond acceptors (Lipinski definition) is 15. The average Bonchev–Trinajstić information content (AvgIpc) is 3.20. The molecule has 0 atom stereocenters. The number of carbonyl (C=O) groups is 1. The molecule has 0 amide bonds. The molecule has 1 aromatic rings. The Labute approximate surface area is 336 Å². The van der Waals surface area contributed by atoms with E-state index in [1.54, 1.807) is 18.2 Å². The summed E-state index contributed by atoms with van der Waals surface area (Å²) in [6.45, 7) is 11.1. The Morgan fingerprint density at radius 2 is 0.714 bits per heavy atom. The maximum atomic E-state index is 12.0. The molecule has 0 N–H and O–H groups in total. The Kier molecular flexibility index (Phi) is 38.6. The highest BCUT2D eigenvalue weighted by molar-refractivity contribution is 7.86. The molecule has 0 saturated heterocycles. The van der Waals surface area contributed by atoms with Crippen LogP contribution in [-0.2, 0) is 71.2 Å². The highest BCUT2D eigenvalue weighted by Crippen LogP contribution is 2.12. The van der Waals surface area contributed by atoms with Crippen LogP contribution >= 0.6 is 0 Å². The molecule has 16 heteroatoms. The first-order valence-electron chi connectivity index (χ1n) is 20.4. The number of carbonyl (C=O) groups excluding carboxylic acids is 1. The summed E-state index contributed by atoms with van der Waals surface area (Å²) in [7, 11) is -3.76. The Bertz CT molecular complexity index is 1070. The monoisotopic (exact) mass is 824 g/mol. The van der Waals surface area contributed by atoms with Gasteiger partial charge in [0.2, 0.25) is 0 Å². The first kappa shape index (κ1) is 52.2. The quantitative estimate of drug-likeness (QED) is 0.0489. The first-order chi connectivity index (χ1) is 27.6. The Hall–Kier alpha value is -1.80. The molecular weight excluding hydrogens is 752 g/mol. The third-order valence-corrected chi connectivity index (χ3v) is 9.15. The van der Waals surface area contributed by atoms with Crippen molar-refractivity contribution in [1.82, 2.24) is 0 Å². The van der Waals surface area contributed by atoms with Crippen LogP contribution in [0.1, 0.15) is 71.1 Å². The molecule has 0 unspecified atom stereocenters. The fourth-order valence-electron chi connectivity index (χ4n) is 4.81. The van der Waals surface area contributed by atoms with E-state index >= 15 is 0 Å².